The van der Waals surface area contributed by atoms with Crippen LogP contribution in [0, 0.1) is 0 Å². The molecular weight excluding hydrogens is 114 g/mol. The maximum atomic E-state index is 5.33. The number of nitrogens with zero attached hydrogens (tertiary/aromatic N) is 1. The Morgan fingerprint density at radius 2 is 2.11 bits per heavy atom. The summed E-state index contributed by atoms with van der Waals surface area (Å²) in [5.41, 5.74) is 0.167. The molecule has 0 aromatic carbocycles. The molecule has 0 saturated heterocycles. The van der Waals surface area contributed by atoms with Crippen LogP contribution < -0.4 is 0 Å². The molecule has 0 N–H and O–H groups in total. The van der Waals surface area contributed by atoms with E-state index in [0.717, 1.165) is 0 Å². The summed E-state index contributed by atoms with van der Waals surface area (Å²) in [7, 11) is 0. The molecule has 9 heavy (non-hydrogen) atoms. The van der Waals surface area contributed by atoms with Crippen LogP contribution in [0.3, 0.4) is 0 Å². The second kappa shape index (κ2) is 1.15. The van der Waals surface area contributed by atoms with E-state index in [0.29, 0.717) is 0 Å². The fraction of sp³-hybridized carbons (Fsp3) is 0.857. The number of aliphatic imine (C=N–C) groups is 1. The maximum absolute atomic E-state index is 5.33. The van der Waals surface area contributed by atoms with Crippen molar-refractivity contribution in [3.63, 3.8) is 0 Å². The lowest BCUT2D eigenvalue weighted by molar-refractivity contribution is 0.0936. The van der Waals surface area contributed by atoms with Crippen molar-refractivity contribution in [3.05, 3.63) is 0 Å². The predicted octanol–water partition coefficient (Wildman–Crippen LogP) is 1.36. The Bertz CT molecular complexity index is 168. The van der Waals surface area contributed by atoms with Crippen LogP contribution >= 0.6 is 0 Å². The van der Waals surface area contributed by atoms with Crippen LogP contribution in [0.1, 0.15) is 26.7 Å². The van der Waals surface area contributed by atoms with Crippen molar-refractivity contribution in [1.29, 1.82) is 0 Å². The molecule has 0 aromatic rings. The fourth-order valence-electron chi connectivity index (χ4n) is 1.37. The summed E-state index contributed by atoms with van der Waals surface area (Å²) in [4.78, 5) is 4.28. The van der Waals surface area contributed by atoms with Gasteiger partial charge in [-0.25, -0.2) is 4.99 Å². The van der Waals surface area contributed by atoms with Gasteiger partial charge in [0.15, 0.2) is 6.40 Å². The molecule has 1 spiro atoms. The zero-order valence-corrected chi connectivity index (χ0v) is 5.85. The largest absolute Gasteiger partial charge is 0.475 e. The molecule has 0 amide bonds. The van der Waals surface area contributed by atoms with Crippen molar-refractivity contribution in [3.8, 4) is 0 Å². The van der Waals surface area contributed by atoms with Crippen LogP contribution in [0.2, 0.25) is 0 Å². The summed E-state index contributed by atoms with van der Waals surface area (Å²) < 4.78 is 5.33. The average molecular weight is 125 g/mol. The molecule has 1 saturated carbocycles. The quantitative estimate of drug-likeness (QED) is 0.479. The van der Waals surface area contributed by atoms with E-state index in [2.05, 4.69) is 18.8 Å². The van der Waals surface area contributed by atoms with Gasteiger partial charge >= 0.3 is 0 Å². The fourth-order valence-corrected chi connectivity index (χ4v) is 1.37. The maximum Gasteiger partial charge on any atom is 0.171 e. The Balaban J connectivity index is 2.31. The van der Waals surface area contributed by atoms with Gasteiger partial charge < -0.3 is 4.74 Å². The highest BCUT2D eigenvalue weighted by Crippen LogP contribution is 2.52. The molecule has 0 bridgehead atoms. The summed E-state index contributed by atoms with van der Waals surface area (Å²) in [5, 5.41) is 0. The molecule has 2 nitrogen and oxygen atoms in total. The Labute approximate surface area is 54.9 Å². The number of hydrogen-bond donors (Lipinski definition) is 0. The summed E-state index contributed by atoms with van der Waals surface area (Å²) in [5.74, 6) is 0. The van der Waals surface area contributed by atoms with Gasteiger partial charge in [0.05, 0.1) is 0 Å². The van der Waals surface area contributed by atoms with E-state index in [4.69, 9.17) is 4.74 Å². The zero-order valence-electron chi connectivity index (χ0n) is 5.85. The average Bonchev–Trinajstić information content (AvgIpc) is 2.41. The third-order valence-corrected chi connectivity index (χ3v) is 2.49. The van der Waals surface area contributed by atoms with E-state index in [1.807, 2.05) is 0 Å². The van der Waals surface area contributed by atoms with Gasteiger partial charge in [-0.1, -0.05) is 0 Å². The lowest BCUT2D eigenvalue weighted by atomic mass is 9.98. The first-order chi connectivity index (χ1) is 4.16. The van der Waals surface area contributed by atoms with Gasteiger partial charge in [-0.3, -0.25) is 0 Å². The monoisotopic (exact) mass is 125 g/mol. The molecule has 2 aliphatic rings. The third kappa shape index (κ3) is 0.485. The molecule has 0 aromatic heterocycles. The van der Waals surface area contributed by atoms with Gasteiger partial charge in [0.25, 0.3) is 0 Å². The number of ether oxygens (including phenoxy) is 1. The molecule has 2 heteroatoms. The molecule has 50 valence electrons. The Morgan fingerprint density at radius 1 is 1.44 bits per heavy atom. The first kappa shape index (κ1) is 5.27. The predicted molar refractivity (Wildman–Crippen MR) is 35.6 cm³/mol. The van der Waals surface area contributed by atoms with Gasteiger partial charge in [-0.15, -0.1) is 0 Å². The van der Waals surface area contributed by atoms with Crippen LogP contribution in [0.4, 0.5) is 0 Å². The smallest absolute Gasteiger partial charge is 0.171 e. The van der Waals surface area contributed by atoms with E-state index in [9.17, 15) is 0 Å². The molecule has 0 radical (unpaired) electrons. The molecule has 0 unspecified atom stereocenters. The lowest BCUT2D eigenvalue weighted by Gasteiger charge is -2.23. The summed E-state index contributed by atoms with van der Waals surface area (Å²) in [6.45, 7) is 4.21. The van der Waals surface area contributed by atoms with E-state index in [1.54, 1.807) is 6.40 Å². The molecule has 1 fully saturated rings. The third-order valence-electron chi connectivity index (χ3n) is 2.49. The Kier molecular flexibility index (Phi) is 0.675. The van der Waals surface area contributed by atoms with Crippen molar-refractivity contribution in [2.45, 2.75) is 37.8 Å². The molecule has 2 rings (SSSR count). The summed E-state index contributed by atoms with van der Waals surface area (Å²) in [6.07, 6.45) is 4.01. The standard InChI is InChI=1S/C7H11NO/c1-6(2)7(3-4-7)8-5-9-6/h5H,3-4H2,1-2H3. The Hall–Kier alpha value is -0.530. The summed E-state index contributed by atoms with van der Waals surface area (Å²) in [6, 6.07) is 0. The van der Waals surface area contributed by atoms with E-state index in [1.165, 1.54) is 12.8 Å². The second-order valence-corrected chi connectivity index (χ2v) is 3.39. The van der Waals surface area contributed by atoms with Gasteiger partial charge in [-0.2, -0.15) is 0 Å². The Morgan fingerprint density at radius 3 is 2.33 bits per heavy atom. The van der Waals surface area contributed by atoms with E-state index in [-0.39, 0.29) is 11.1 Å². The van der Waals surface area contributed by atoms with Gasteiger partial charge in [0, 0.05) is 0 Å². The van der Waals surface area contributed by atoms with Crippen molar-refractivity contribution in [1.82, 2.24) is 0 Å². The van der Waals surface area contributed by atoms with Crippen molar-refractivity contribution < 1.29 is 4.74 Å². The van der Waals surface area contributed by atoms with Gasteiger partial charge in [-0.05, 0) is 26.7 Å². The summed E-state index contributed by atoms with van der Waals surface area (Å²) >= 11 is 0. The van der Waals surface area contributed by atoms with Crippen LogP contribution in [0.25, 0.3) is 0 Å². The highest BCUT2D eigenvalue weighted by Gasteiger charge is 2.58. The lowest BCUT2D eigenvalue weighted by Crippen LogP contribution is -2.34. The molecule has 1 aliphatic heterocycles. The molecule has 0 atom stereocenters. The van der Waals surface area contributed by atoms with Crippen molar-refractivity contribution in [2.75, 3.05) is 0 Å². The van der Waals surface area contributed by atoms with Gasteiger partial charge in [0.1, 0.15) is 11.1 Å². The first-order valence-corrected chi connectivity index (χ1v) is 3.38. The van der Waals surface area contributed by atoms with Crippen LogP contribution in [0.15, 0.2) is 4.99 Å². The SMILES string of the molecule is CC1(C)OC=NC12CC2. The highest BCUT2D eigenvalue weighted by atomic mass is 16.5. The van der Waals surface area contributed by atoms with Crippen LogP contribution in [-0.4, -0.2) is 17.5 Å². The first-order valence-electron chi connectivity index (χ1n) is 3.38. The number of hydrogen-bond acceptors (Lipinski definition) is 2. The molecular formula is C7H11NO. The second-order valence-electron chi connectivity index (χ2n) is 3.39. The minimum absolute atomic E-state index is 0.0208. The minimum Gasteiger partial charge on any atom is -0.475 e. The van der Waals surface area contributed by atoms with Crippen LogP contribution in [-0.2, 0) is 4.74 Å². The normalized spacial score (nSPS) is 32.7. The number of rotatable bonds is 0. The molecule has 1 aliphatic carbocycles. The van der Waals surface area contributed by atoms with Gasteiger partial charge in [0.2, 0.25) is 0 Å². The topological polar surface area (TPSA) is 21.6 Å². The van der Waals surface area contributed by atoms with E-state index < -0.39 is 0 Å². The van der Waals surface area contributed by atoms with E-state index >= 15 is 0 Å². The van der Waals surface area contributed by atoms with Crippen molar-refractivity contribution >= 4 is 6.40 Å². The van der Waals surface area contributed by atoms with Crippen molar-refractivity contribution in [2.24, 2.45) is 4.99 Å². The minimum atomic E-state index is -0.0208. The highest BCUT2D eigenvalue weighted by molar-refractivity contribution is 5.54. The molecule has 1 heterocycles. The van der Waals surface area contributed by atoms with Crippen LogP contribution in [0.5, 0.6) is 0 Å². The zero-order chi connectivity index (χ0) is 6.54.